The second-order valence-corrected chi connectivity index (χ2v) is 21.7. The highest BCUT2D eigenvalue weighted by atomic mass is 32.1. The van der Waals surface area contributed by atoms with E-state index >= 15 is 0 Å². The molecule has 2 nitrogen and oxygen atoms in total. The fourth-order valence-electron chi connectivity index (χ4n) is 11.7. The Morgan fingerprint density at radius 2 is 0.931 bits per heavy atom. The topological polar surface area (TPSA) is 6.48 Å². The monoisotopic (exact) mass is 942 g/mol. The van der Waals surface area contributed by atoms with E-state index in [9.17, 15) is 0 Å². The van der Waals surface area contributed by atoms with Gasteiger partial charge in [0, 0.05) is 49.3 Å². The van der Waals surface area contributed by atoms with E-state index in [0.717, 1.165) is 19.3 Å². The number of hydrogen-bond acceptors (Lipinski definition) is 3. The molecule has 0 saturated carbocycles. The van der Waals surface area contributed by atoms with Gasteiger partial charge in [0.15, 0.2) is 0 Å². The summed E-state index contributed by atoms with van der Waals surface area (Å²) in [4.78, 5) is 5.39. The minimum Gasteiger partial charge on any atom is -0.310 e. The number of para-hydroxylation sites is 1. The molecule has 0 radical (unpaired) electrons. The summed E-state index contributed by atoms with van der Waals surface area (Å²) >= 11 is 1.95. The van der Waals surface area contributed by atoms with Crippen molar-refractivity contribution in [1.29, 1.82) is 0 Å². The minimum absolute atomic E-state index is 0.0846. The molecule has 2 aliphatic rings. The van der Waals surface area contributed by atoms with E-state index in [1.165, 1.54) is 126 Å². The lowest BCUT2D eigenvalue weighted by Crippen LogP contribution is -2.61. The highest BCUT2D eigenvalue weighted by molar-refractivity contribution is 7.26. The molecule has 1 aromatic heterocycles. The summed E-state index contributed by atoms with van der Waals surface area (Å²) in [6.07, 6.45) is 3.23. The van der Waals surface area contributed by atoms with Gasteiger partial charge in [-0.05, 0) is 109 Å². The second-order valence-electron chi connectivity index (χ2n) is 20.6. The van der Waals surface area contributed by atoms with Gasteiger partial charge in [-0.15, -0.1) is 11.3 Å². The Balaban J connectivity index is 1.21. The van der Waals surface area contributed by atoms with E-state index in [1.807, 2.05) is 11.3 Å². The predicted molar refractivity (Wildman–Crippen MR) is 312 cm³/mol. The SMILES string of the molecule is CCCCc1ccc2c(sc3ccccc32)c1N1c2ccc(-c3ccccc3)cc2B2c3cc(-c4ccccc4)ccc3N(c3c(-c4ccccc4)cccc3-c3ccccc3)c3cc(C(C)(C)C)cc1c32. The first kappa shape index (κ1) is 44.1. The van der Waals surface area contributed by atoms with Crippen LogP contribution in [0.5, 0.6) is 0 Å². The Kier molecular flexibility index (Phi) is 10.9. The van der Waals surface area contributed by atoms with Crippen molar-refractivity contribution in [1.82, 2.24) is 0 Å². The van der Waals surface area contributed by atoms with Crippen molar-refractivity contribution in [3.63, 3.8) is 0 Å². The number of nitrogens with zero attached hydrogens (tertiary/aromatic N) is 2. The molecule has 0 spiro atoms. The van der Waals surface area contributed by atoms with Crippen LogP contribution in [-0.2, 0) is 11.8 Å². The first-order valence-electron chi connectivity index (χ1n) is 25.7. The van der Waals surface area contributed by atoms with Gasteiger partial charge in [-0.25, -0.2) is 0 Å². The van der Waals surface area contributed by atoms with Gasteiger partial charge in [-0.2, -0.15) is 0 Å². The molecule has 0 aliphatic carbocycles. The molecule has 11 aromatic rings. The van der Waals surface area contributed by atoms with Gasteiger partial charge in [0.2, 0.25) is 0 Å². The first-order chi connectivity index (χ1) is 35.3. The molecule has 0 amide bonds. The van der Waals surface area contributed by atoms with Gasteiger partial charge in [0.05, 0.1) is 16.1 Å². The van der Waals surface area contributed by atoms with Crippen molar-refractivity contribution >= 4 is 88.7 Å². The van der Waals surface area contributed by atoms with Crippen LogP contribution in [0, 0.1) is 0 Å². The number of hydrogen-bond donors (Lipinski definition) is 0. The van der Waals surface area contributed by atoms with E-state index in [4.69, 9.17) is 0 Å². The van der Waals surface area contributed by atoms with Crippen LogP contribution >= 0.6 is 11.3 Å². The Labute approximate surface area is 428 Å². The molecule has 0 bridgehead atoms. The zero-order chi connectivity index (χ0) is 48.5. The number of benzene rings is 10. The molecule has 72 heavy (non-hydrogen) atoms. The lowest BCUT2D eigenvalue weighted by Gasteiger charge is -2.46. The zero-order valence-electron chi connectivity index (χ0n) is 41.4. The molecule has 13 rings (SSSR count). The van der Waals surface area contributed by atoms with Crippen molar-refractivity contribution in [2.75, 3.05) is 9.80 Å². The van der Waals surface area contributed by atoms with Crippen LogP contribution in [0.15, 0.2) is 224 Å². The molecule has 2 aliphatic heterocycles. The van der Waals surface area contributed by atoms with Gasteiger partial charge < -0.3 is 9.80 Å². The van der Waals surface area contributed by atoms with Crippen molar-refractivity contribution in [2.45, 2.75) is 52.4 Å². The second kappa shape index (κ2) is 17.7. The summed E-state index contributed by atoms with van der Waals surface area (Å²) in [5.41, 5.74) is 23.5. The Morgan fingerprint density at radius 1 is 0.431 bits per heavy atom. The first-order valence-corrected chi connectivity index (χ1v) is 26.5. The Hall–Kier alpha value is -7.92. The van der Waals surface area contributed by atoms with Gasteiger partial charge >= 0.3 is 0 Å². The van der Waals surface area contributed by atoms with E-state index < -0.39 is 0 Å². The van der Waals surface area contributed by atoms with Crippen molar-refractivity contribution < 1.29 is 0 Å². The van der Waals surface area contributed by atoms with Gasteiger partial charge in [0.25, 0.3) is 6.71 Å². The molecule has 4 heteroatoms. The van der Waals surface area contributed by atoms with Crippen LogP contribution in [0.2, 0.25) is 0 Å². The molecular formula is C68H55BN2S. The summed E-state index contributed by atoms with van der Waals surface area (Å²) in [7, 11) is 0. The van der Waals surface area contributed by atoms with Crippen LogP contribution in [-0.4, -0.2) is 6.71 Å². The largest absolute Gasteiger partial charge is 0.310 e. The number of unbranched alkanes of at least 4 members (excludes halogenated alkanes) is 1. The van der Waals surface area contributed by atoms with Crippen LogP contribution < -0.4 is 26.2 Å². The van der Waals surface area contributed by atoms with Crippen LogP contribution in [0.25, 0.3) is 64.7 Å². The van der Waals surface area contributed by atoms with Gasteiger partial charge in [-0.1, -0.05) is 228 Å². The number of thiophene rings is 1. The maximum absolute atomic E-state index is 2.73. The molecule has 3 heterocycles. The molecule has 0 unspecified atom stereocenters. The van der Waals surface area contributed by atoms with Crippen molar-refractivity contribution in [3.8, 4) is 44.5 Å². The average Bonchev–Trinajstić information content (AvgIpc) is 3.81. The van der Waals surface area contributed by atoms with Crippen LogP contribution in [0.4, 0.5) is 34.1 Å². The van der Waals surface area contributed by atoms with E-state index in [0.29, 0.717) is 0 Å². The molecule has 0 fully saturated rings. The smallest absolute Gasteiger partial charge is 0.252 e. The van der Waals surface area contributed by atoms with Gasteiger partial charge in [0.1, 0.15) is 0 Å². The fraction of sp³-hybridized carbons (Fsp3) is 0.118. The minimum atomic E-state index is -0.177. The number of aryl methyl sites for hydroxylation is 1. The maximum Gasteiger partial charge on any atom is 0.252 e. The van der Waals surface area contributed by atoms with E-state index in [1.54, 1.807) is 0 Å². The van der Waals surface area contributed by atoms with Crippen molar-refractivity contribution in [3.05, 3.63) is 236 Å². The normalized spacial score (nSPS) is 12.8. The third kappa shape index (κ3) is 7.30. The molecule has 10 aromatic carbocycles. The van der Waals surface area contributed by atoms with E-state index in [2.05, 4.69) is 262 Å². The van der Waals surface area contributed by atoms with E-state index in [-0.39, 0.29) is 12.1 Å². The summed E-state index contributed by atoms with van der Waals surface area (Å²) < 4.78 is 2.66. The Bertz CT molecular complexity index is 3780. The average molecular weight is 943 g/mol. The number of rotatable bonds is 9. The van der Waals surface area contributed by atoms with Crippen LogP contribution in [0.1, 0.15) is 51.7 Å². The summed E-state index contributed by atoms with van der Waals surface area (Å²) in [5.74, 6) is 0. The van der Waals surface area contributed by atoms with Crippen molar-refractivity contribution in [2.24, 2.45) is 0 Å². The lowest BCUT2D eigenvalue weighted by molar-refractivity contribution is 0.590. The highest BCUT2D eigenvalue weighted by Gasteiger charge is 2.46. The predicted octanol–water partition coefficient (Wildman–Crippen LogP) is 17.4. The van der Waals surface area contributed by atoms with Crippen LogP contribution in [0.3, 0.4) is 0 Å². The lowest BCUT2D eigenvalue weighted by atomic mass is 9.33. The highest BCUT2D eigenvalue weighted by Crippen LogP contribution is 2.53. The number of anilines is 6. The quantitative estimate of drug-likeness (QED) is 0.133. The number of fused-ring (bicyclic) bond motifs is 7. The molecule has 0 atom stereocenters. The standard InChI is InChI=1S/C68H55BN2S/c1-5-6-22-49-35-38-56-55-31-19-20-34-63(55)72-67(56)65(49)70-59-39-36-50(45-23-11-7-12-24-45)41-57(59)69-58-42-51(46-25-13-8-14-26-46)37-40-60(58)71(62-44-52(68(2,3)4)43-61(70)64(62)69)66-53(47-27-15-9-16-28-47)32-21-33-54(66)48-29-17-10-18-30-48/h7-21,23-44H,5-6,22H2,1-4H3. The zero-order valence-corrected chi connectivity index (χ0v) is 42.2. The Morgan fingerprint density at radius 3 is 1.46 bits per heavy atom. The molecule has 346 valence electrons. The maximum atomic E-state index is 2.73. The summed E-state index contributed by atoms with van der Waals surface area (Å²) in [6, 6.07) is 84.5. The van der Waals surface area contributed by atoms with Gasteiger partial charge in [-0.3, -0.25) is 0 Å². The molecule has 0 saturated heterocycles. The third-order valence-electron chi connectivity index (χ3n) is 15.2. The summed E-state index contributed by atoms with van der Waals surface area (Å²) in [6.45, 7) is 9.38. The fourth-order valence-corrected chi connectivity index (χ4v) is 12.9. The summed E-state index contributed by atoms with van der Waals surface area (Å²) in [5, 5.41) is 2.64. The molecule has 0 N–H and O–H groups in total. The molecular weight excluding hydrogens is 888 g/mol. The third-order valence-corrected chi connectivity index (χ3v) is 16.4.